The fourth-order valence-electron chi connectivity index (χ4n) is 9.27. The maximum Gasteiger partial charge on any atom is 0.263 e. The summed E-state index contributed by atoms with van der Waals surface area (Å²) in [4.78, 5) is 29.2. The molecule has 0 radical (unpaired) electrons. The van der Waals surface area contributed by atoms with Crippen LogP contribution in [0.15, 0.2) is 211 Å². The van der Waals surface area contributed by atoms with Gasteiger partial charge in [0.25, 0.3) is 5.56 Å². The molecule has 0 amide bonds. The molecule has 11 rings (SSSR count). The Morgan fingerprint density at radius 1 is 0.410 bits per heavy atom. The second-order valence-electron chi connectivity index (χ2n) is 15.7. The number of carbonyl (C=O) groups excluding carboxylic acids is 1. The molecule has 0 aliphatic carbocycles. The van der Waals surface area contributed by atoms with Gasteiger partial charge in [0, 0.05) is 46.0 Å². The third-order valence-corrected chi connectivity index (χ3v) is 12.3. The second kappa shape index (κ2) is 14.6. The molecule has 0 spiro atoms. The summed E-state index contributed by atoms with van der Waals surface area (Å²) in [6.07, 6.45) is 0.937. The number of carbonyl (C=O) groups is 1. The molecule has 11 aromatic rings. The molecule has 0 bridgehead atoms. The summed E-state index contributed by atoms with van der Waals surface area (Å²) in [7, 11) is 2.09. The Morgan fingerprint density at radius 2 is 0.951 bits per heavy atom. The molecule has 0 saturated carbocycles. The first-order chi connectivity index (χ1) is 30.1. The Bertz CT molecular complexity index is 3590. The molecule has 0 unspecified atom stereocenters. The van der Waals surface area contributed by atoms with Crippen molar-refractivity contribution in [3.63, 3.8) is 0 Å². The van der Waals surface area contributed by atoms with Gasteiger partial charge < -0.3 is 4.90 Å². The lowest BCUT2D eigenvalue weighted by molar-refractivity contribution is 0.112. The SMILES string of the molecule is CN(c1ccc2c3ccccc3c3cc(-n4c(=O)c5ccccc5c5cc(-c6ccccc6)ccc54)ccc3c2c1)c1ccc(-c2ccccc2)cc1-c1ccccc1C=O. The molecule has 0 fully saturated rings. The minimum Gasteiger partial charge on any atom is -0.344 e. The lowest BCUT2D eigenvalue weighted by Gasteiger charge is -2.25. The van der Waals surface area contributed by atoms with Crippen LogP contribution in [0.2, 0.25) is 0 Å². The van der Waals surface area contributed by atoms with Gasteiger partial charge in [-0.3, -0.25) is 14.2 Å². The highest BCUT2D eigenvalue weighted by Gasteiger charge is 2.19. The Labute approximate surface area is 352 Å². The Morgan fingerprint density at radius 3 is 1.67 bits per heavy atom. The van der Waals surface area contributed by atoms with Gasteiger partial charge in [0.15, 0.2) is 6.29 Å². The van der Waals surface area contributed by atoms with E-state index in [1.165, 1.54) is 0 Å². The summed E-state index contributed by atoms with van der Waals surface area (Å²) in [6.45, 7) is 0. The van der Waals surface area contributed by atoms with E-state index in [0.717, 1.165) is 105 Å². The van der Waals surface area contributed by atoms with E-state index in [4.69, 9.17) is 0 Å². The highest BCUT2D eigenvalue weighted by molar-refractivity contribution is 6.26. The molecule has 4 heteroatoms. The van der Waals surface area contributed by atoms with E-state index in [2.05, 4.69) is 151 Å². The number of hydrogen-bond acceptors (Lipinski definition) is 3. The molecule has 0 saturated heterocycles. The predicted octanol–water partition coefficient (Wildman–Crippen LogP) is 14.2. The van der Waals surface area contributed by atoms with Crippen molar-refractivity contribution in [2.45, 2.75) is 0 Å². The first kappa shape index (κ1) is 36.0. The molecular weight excluding hydrogens is 745 g/mol. The number of pyridine rings is 1. The maximum absolute atomic E-state index is 14.6. The molecule has 1 heterocycles. The van der Waals surface area contributed by atoms with E-state index in [-0.39, 0.29) is 5.56 Å². The average Bonchev–Trinajstić information content (AvgIpc) is 3.34. The largest absolute Gasteiger partial charge is 0.344 e. The zero-order valence-corrected chi connectivity index (χ0v) is 33.4. The molecule has 0 N–H and O–H groups in total. The third kappa shape index (κ3) is 5.99. The Kier molecular flexibility index (Phi) is 8.64. The van der Waals surface area contributed by atoms with Crippen LogP contribution in [-0.2, 0) is 0 Å². The van der Waals surface area contributed by atoms with E-state index < -0.39 is 0 Å². The second-order valence-corrected chi connectivity index (χ2v) is 15.7. The molecule has 4 nitrogen and oxygen atoms in total. The lowest BCUT2D eigenvalue weighted by Crippen LogP contribution is -2.19. The van der Waals surface area contributed by atoms with Crippen LogP contribution in [0, 0.1) is 0 Å². The van der Waals surface area contributed by atoms with Gasteiger partial charge in [0.1, 0.15) is 0 Å². The quantitative estimate of drug-likeness (QED) is 0.119. The van der Waals surface area contributed by atoms with Crippen LogP contribution < -0.4 is 10.5 Å². The minimum absolute atomic E-state index is 0.0471. The fraction of sp³-hybridized carbons (Fsp3) is 0.0175. The summed E-state index contributed by atoms with van der Waals surface area (Å²) in [6, 6.07) is 71.0. The van der Waals surface area contributed by atoms with E-state index in [0.29, 0.717) is 10.9 Å². The van der Waals surface area contributed by atoms with Crippen LogP contribution in [0.4, 0.5) is 11.4 Å². The Hall–Kier alpha value is -8.08. The zero-order valence-electron chi connectivity index (χ0n) is 33.4. The lowest BCUT2D eigenvalue weighted by atomic mass is 9.92. The van der Waals surface area contributed by atoms with Crippen molar-refractivity contribution in [1.82, 2.24) is 4.57 Å². The normalized spacial score (nSPS) is 11.5. The first-order valence-electron chi connectivity index (χ1n) is 20.5. The molecule has 0 atom stereocenters. The van der Waals surface area contributed by atoms with Crippen molar-refractivity contribution in [3.8, 4) is 39.1 Å². The number of aldehydes is 1. The van der Waals surface area contributed by atoms with Crippen LogP contribution in [0.3, 0.4) is 0 Å². The number of rotatable bonds is 7. The molecule has 0 aliphatic rings. The van der Waals surface area contributed by atoms with Gasteiger partial charge in [0.05, 0.1) is 5.52 Å². The smallest absolute Gasteiger partial charge is 0.263 e. The van der Waals surface area contributed by atoms with Gasteiger partial charge in [-0.2, -0.15) is 0 Å². The summed E-state index contributed by atoms with van der Waals surface area (Å²) >= 11 is 0. The standard InChI is InChI=1S/C57H38N2O2/c1-58(55-30-24-39(37-14-4-2-5-15-37)32-53(55)44-19-9-8-18-41(44)36-60)42-26-28-48-45-20-10-11-21-46(45)52-35-43(27-29-49(52)51(48)34-42)59-56-31-25-40(38-16-6-3-7-17-38)33-54(56)47-22-12-13-23-50(47)57(59)61/h2-36H,1H3. The minimum atomic E-state index is -0.0471. The molecule has 61 heavy (non-hydrogen) atoms. The predicted molar refractivity (Wildman–Crippen MR) is 256 cm³/mol. The molecule has 288 valence electrons. The van der Waals surface area contributed by atoms with Crippen LogP contribution in [0.5, 0.6) is 0 Å². The van der Waals surface area contributed by atoms with Gasteiger partial charge in [0.2, 0.25) is 0 Å². The van der Waals surface area contributed by atoms with Gasteiger partial charge >= 0.3 is 0 Å². The Balaban J connectivity index is 1.11. The molecule has 0 aliphatic heterocycles. The van der Waals surface area contributed by atoms with Crippen molar-refractivity contribution in [3.05, 3.63) is 222 Å². The third-order valence-electron chi connectivity index (χ3n) is 12.3. The van der Waals surface area contributed by atoms with Crippen molar-refractivity contribution in [2.24, 2.45) is 0 Å². The van der Waals surface area contributed by atoms with E-state index in [1.54, 1.807) is 0 Å². The van der Waals surface area contributed by atoms with Crippen LogP contribution in [0.1, 0.15) is 10.4 Å². The molecule has 10 aromatic carbocycles. The van der Waals surface area contributed by atoms with Crippen molar-refractivity contribution < 1.29 is 4.79 Å². The van der Waals surface area contributed by atoms with Crippen LogP contribution in [-0.4, -0.2) is 17.9 Å². The van der Waals surface area contributed by atoms with Gasteiger partial charge in [-0.15, -0.1) is 0 Å². The fourth-order valence-corrected chi connectivity index (χ4v) is 9.27. The maximum atomic E-state index is 14.6. The van der Waals surface area contributed by atoms with E-state index in [9.17, 15) is 9.59 Å². The van der Waals surface area contributed by atoms with E-state index in [1.807, 2.05) is 71.3 Å². The van der Waals surface area contributed by atoms with E-state index >= 15 is 0 Å². The summed E-state index contributed by atoms with van der Waals surface area (Å²) < 4.78 is 1.88. The molecule has 1 aromatic heterocycles. The van der Waals surface area contributed by atoms with Gasteiger partial charge in [-0.05, 0) is 120 Å². The summed E-state index contributed by atoms with van der Waals surface area (Å²) in [5.41, 5.74) is 10.6. The van der Waals surface area contributed by atoms with Gasteiger partial charge in [-0.1, -0.05) is 152 Å². The summed E-state index contributed by atoms with van der Waals surface area (Å²) in [5, 5.41) is 9.37. The molecular formula is C57H38N2O2. The zero-order chi connectivity index (χ0) is 41.0. The highest BCUT2D eigenvalue weighted by Crippen LogP contribution is 2.42. The van der Waals surface area contributed by atoms with Crippen molar-refractivity contribution in [2.75, 3.05) is 11.9 Å². The van der Waals surface area contributed by atoms with Crippen LogP contribution >= 0.6 is 0 Å². The highest BCUT2D eigenvalue weighted by atomic mass is 16.1. The number of fused-ring (bicyclic) bond motifs is 9. The number of aromatic nitrogens is 1. The van der Waals surface area contributed by atoms with Crippen molar-refractivity contribution >= 4 is 71.7 Å². The topological polar surface area (TPSA) is 42.3 Å². The van der Waals surface area contributed by atoms with Crippen LogP contribution in [0.25, 0.3) is 93.1 Å². The summed E-state index contributed by atoms with van der Waals surface area (Å²) in [5.74, 6) is 0. The average molecular weight is 783 g/mol. The number of hydrogen-bond donors (Lipinski definition) is 0. The first-order valence-corrected chi connectivity index (χ1v) is 20.5. The monoisotopic (exact) mass is 782 g/mol. The number of anilines is 2. The number of nitrogens with zero attached hydrogens (tertiary/aromatic N) is 2. The number of benzene rings is 10. The van der Waals surface area contributed by atoms with Gasteiger partial charge in [-0.25, -0.2) is 0 Å². The van der Waals surface area contributed by atoms with Crippen molar-refractivity contribution in [1.29, 1.82) is 0 Å².